The maximum Gasteiger partial charge on any atom is 0.254 e. The smallest absolute Gasteiger partial charge is 0.254 e. The zero-order valence-corrected chi connectivity index (χ0v) is 13.2. The third-order valence-electron chi connectivity index (χ3n) is 4.56. The van der Waals surface area contributed by atoms with Gasteiger partial charge in [-0.15, -0.1) is 0 Å². The number of aromatic nitrogens is 1. The molecule has 0 bridgehead atoms. The summed E-state index contributed by atoms with van der Waals surface area (Å²) in [7, 11) is 0. The molecule has 0 spiro atoms. The molecule has 4 heteroatoms. The number of benzene rings is 1. The first-order valence-electron chi connectivity index (χ1n) is 7.97. The number of nitrogens with two attached hydrogens (primary N) is 1. The molecule has 22 heavy (non-hydrogen) atoms. The van der Waals surface area contributed by atoms with E-state index in [9.17, 15) is 4.79 Å². The standard InChI is InChI=1S/C18H23N3O/c1-12-10-16(15-7-3-4-8-17(15)20-12)18(22)21-9-5-6-14(11-21)13(2)19/h3-4,7-8,10,13-14H,5-6,9,11,19H2,1-2H3. The van der Waals surface area contributed by atoms with E-state index in [-0.39, 0.29) is 11.9 Å². The first-order valence-corrected chi connectivity index (χ1v) is 7.97. The van der Waals surface area contributed by atoms with Crippen LogP contribution in [0, 0.1) is 12.8 Å². The monoisotopic (exact) mass is 297 g/mol. The number of nitrogens with zero attached hydrogens (tertiary/aromatic N) is 2. The van der Waals surface area contributed by atoms with Gasteiger partial charge in [0.2, 0.25) is 0 Å². The number of hydrogen-bond acceptors (Lipinski definition) is 3. The molecule has 2 unspecified atom stereocenters. The molecule has 0 aliphatic carbocycles. The van der Waals surface area contributed by atoms with E-state index < -0.39 is 0 Å². The van der Waals surface area contributed by atoms with E-state index in [1.165, 1.54) is 0 Å². The molecule has 3 rings (SSSR count). The number of fused-ring (bicyclic) bond motifs is 1. The molecule has 1 aromatic heterocycles. The number of rotatable bonds is 2. The summed E-state index contributed by atoms with van der Waals surface area (Å²) in [5.41, 5.74) is 8.55. The van der Waals surface area contributed by atoms with Gasteiger partial charge in [0, 0.05) is 30.2 Å². The number of carbonyl (C=O) groups is 1. The molecule has 0 radical (unpaired) electrons. The average molecular weight is 297 g/mol. The van der Waals surface area contributed by atoms with Gasteiger partial charge in [-0.1, -0.05) is 18.2 Å². The number of aryl methyl sites for hydroxylation is 1. The van der Waals surface area contributed by atoms with Crippen molar-refractivity contribution in [1.82, 2.24) is 9.88 Å². The quantitative estimate of drug-likeness (QED) is 0.927. The summed E-state index contributed by atoms with van der Waals surface area (Å²) < 4.78 is 0. The topological polar surface area (TPSA) is 59.2 Å². The van der Waals surface area contributed by atoms with Gasteiger partial charge in [0.1, 0.15) is 0 Å². The predicted molar refractivity (Wildman–Crippen MR) is 88.8 cm³/mol. The van der Waals surface area contributed by atoms with Crippen molar-refractivity contribution in [2.45, 2.75) is 32.7 Å². The van der Waals surface area contributed by atoms with Crippen molar-refractivity contribution in [2.75, 3.05) is 13.1 Å². The van der Waals surface area contributed by atoms with E-state index in [1.807, 2.05) is 49.1 Å². The predicted octanol–water partition coefficient (Wildman–Crippen LogP) is 2.74. The summed E-state index contributed by atoms with van der Waals surface area (Å²) in [4.78, 5) is 19.5. The fraction of sp³-hybridized carbons (Fsp3) is 0.444. The van der Waals surface area contributed by atoms with Crippen molar-refractivity contribution in [1.29, 1.82) is 0 Å². The highest BCUT2D eigenvalue weighted by Gasteiger charge is 2.27. The van der Waals surface area contributed by atoms with Gasteiger partial charge in [-0.3, -0.25) is 9.78 Å². The lowest BCUT2D eigenvalue weighted by atomic mass is 9.91. The van der Waals surface area contributed by atoms with Crippen LogP contribution in [-0.2, 0) is 0 Å². The zero-order valence-electron chi connectivity index (χ0n) is 13.2. The van der Waals surface area contributed by atoms with Gasteiger partial charge in [0.15, 0.2) is 0 Å². The fourth-order valence-electron chi connectivity index (χ4n) is 3.28. The van der Waals surface area contributed by atoms with Crippen molar-refractivity contribution in [3.05, 3.63) is 41.6 Å². The molecule has 2 aromatic rings. The normalized spacial score (nSPS) is 20.1. The van der Waals surface area contributed by atoms with E-state index >= 15 is 0 Å². The molecule has 1 aliphatic heterocycles. The molecule has 116 valence electrons. The van der Waals surface area contributed by atoms with Gasteiger partial charge in [0.25, 0.3) is 5.91 Å². The van der Waals surface area contributed by atoms with Gasteiger partial charge in [-0.25, -0.2) is 0 Å². The molecular formula is C18H23N3O. The molecule has 2 heterocycles. The van der Waals surface area contributed by atoms with Gasteiger partial charge in [-0.05, 0) is 44.7 Å². The van der Waals surface area contributed by atoms with Crippen molar-refractivity contribution in [3.8, 4) is 0 Å². The van der Waals surface area contributed by atoms with E-state index in [4.69, 9.17) is 5.73 Å². The van der Waals surface area contributed by atoms with Gasteiger partial charge >= 0.3 is 0 Å². The summed E-state index contributed by atoms with van der Waals surface area (Å²) in [5.74, 6) is 0.499. The fourth-order valence-corrected chi connectivity index (χ4v) is 3.28. The van der Waals surface area contributed by atoms with Crippen LogP contribution >= 0.6 is 0 Å². The van der Waals surface area contributed by atoms with Crippen molar-refractivity contribution >= 4 is 16.8 Å². The lowest BCUT2D eigenvalue weighted by molar-refractivity contribution is 0.0663. The third kappa shape index (κ3) is 2.83. The molecule has 0 saturated carbocycles. The Labute approximate surface area is 131 Å². The lowest BCUT2D eigenvalue weighted by Gasteiger charge is -2.34. The molecule has 4 nitrogen and oxygen atoms in total. The largest absolute Gasteiger partial charge is 0.338 e. The molecule has 1 saturated heterocycles. The second-order valence-corrected chi connectivity index (χ2v) is 6.34. The minimum absolute atomic E-state index is 0.104. The van der Waals surface area contributed by atoms with E-state index in [2.05, 4.69) is 4.98 Å². The number of hydrogen-bond donors (Lipinski definition) is 1. The highest BCUT2D eigenvalue weighted by atomic mass is 16.2. The van der Waals surface area contributed by atoms with Crippen LogP contribution in [0.4, 0.5) is 0 Å². The molecule has 1 aromatic carbocycles. The maximum atomic E-state index is 13.0. The van der Waals surface area contributed by atoms with Gasteiger partial charge in [0.05, 0.1) is 11.1 Å². The number of pyridine rings is 1. The Morgan fingerprint density at radius 1 is 1.41 bits per heavy atom. The number of piperidine rings is 1. The van der Waals surface area contributed by atoms with Crippen molar-refractivity contribution < 1.29 is 4.79 Å². The summed E-state index contributed by atoms with van der Waals surface area (Å²) in [6, 6.07) is 9.88. The highest BCUT2D eigenvalue weighted by molar-refractivity contribution is 6.06. The highest BCUT2D eigenvalue weighted by Crippen LogP contribution is 2.24. The van der Waals surface area contributed by atoms with E-state index in [0.29, 0.717) is 5.92 Å². The summed E-state index contributed by atoms with van der Waals surface area (Å²) in [5, 5.41) is 0.932. The van der Waals surface area contributed by atoms with Gasteiger partial charge < -0.3 is 10.6 Å². The average Bonchev–Trinajstić information content (AvgIpc) is 2.53. The lowest BCUT2D eigenvalue weighted by Crippen LogP contribution is -2.45. The minimum Gasteiger partial charge on any atom is -0.338 e. The third-order valence-corrected chi connectivity index (χ3v) is 4.56. The van der Waals surface area contributed by atoms with Crippen LogP contribution in [0.15, 0.2) is 30.3 Å². The van der Waals surface area contributed by atoms with Gasteiger partial charge in [-0.2, -0.15) is 0 Å². The molecule has 1 aliphatic rings. The first kappa shape index (κ1) is 15.0. The minimum atomic E-state index is 0.104. The van der Waals surface area contributed by atoms with Crippen molar-refractivity contribution in [3.63, 3.8) is 0 Å². The van der Waals surface area contributed by atoms with Crippen LogP contribution in [0.2, 0.25) is 0 Å². The number of carbonyl (C=O) groups excluding carboxylic acids is 1. The Kier molecular flexibility index (Phi) is 4.12. The summed E-state index contributed by atoms with van der Waals surface area (Å²) in [6.07, 6.45) is 2.14. The van der Waals surface area contributed by atoms with Crippen LogP contribution < -0.4 is 5.73 Å². The maximum absolute atomic E-state index is 13.0. The van der Waals surface area contributed by atoms with Crippen molar-refractivity contribution in [2.24, 2.45) is 11.7 Å². The Balaban J connectivity index is 1.95. The summed E-state index contributed by atoms with van der Waals surface area (Å²) in [6.45, 7) is 5.54. The van der Waals surface area contributed by atoms with Crippen LogP contribution in [0.25, 0.3) is 10.9 Å². The molecule has 2 N–H and O–H groups in total. The summed E-state index contributed by atoms with van der Waals surface area (Å²) >= 11 is 0. The Bertz CT molecular complexity index is 696. The number of likely N-dealkylation sites (tertiary alicyclic amines) is 1. The second kappa shape index (κ2) is 6.05. The molecule has 2 atom stereocenters. The van der Waals surface area contributed by atoms with Crippen LogP contribution in [0.5, 0.6) is 0 Å². The Morgan fingerprint density at radius 2 is 2.18 bits per heavy atom. The second-order valence-electron chi connectivity index (χ2n) is 6.34. The Morgan fingerprint density at radius 3 is 2.95 bits per heavy atom. The van der Waals surface area contributed by atoms with Crippen LogP contribution in [0.1, 0.15) is 35.8 Å². The molecular weight excluding hydrogens is 274 g/mol. The number of para-hydroxylation sites is 1. The van der Waals surface area contributed by atoms with Crippen LogP contribution in [0.3, 0.4) is 0 Å². The number of amides is 1. The van der Waals surface area contributed by atoms with E-state index in [1.54, 1.807) is 0 Å². The van der Waals surface area contributed by atoms with Crippen LogP contribution in [-0.4, -0.2) is 34.9 Å². The molecule has 1 amide bonds. The Hall–Kier alpha value is -1.94. The zero-order chi connectivity index (χ0) is 15.7. The first-order chi connectivity index (χ1) is 10.6. The SMILES string of the molecule is Cc1cc(C(=O)N2CCCC(C(C)N)C2)c2ccccc2n1. The van der Waals surface area contributed by atoms with E-state index in [0.717, 1.165) is 48.1 Å². The molecule has 1 fully saturated rings.